The molecule has 0 aromatic heterocycles. The molecule has 3 amide bonds. The van der Waals surface area contributed by atoms with Crippen molar-refractivity contribution in [2.24, 2.45) is 10.7 Å². The topological polar surface area (TPSA) is 115 Å². The summed E-state index contributed by atoms with van der Waals surface area (Å²) < 4.78 is 40.3. The Morgan fingerprint density at radius 2 is 2.00 bits per heavy atom. The first-order chi connectivity index (χ1) is 17.6. The van der Waals surface area contributed by atoms with Crippen molar-refractivity contribution >= 4 is 29.4 Å². The van der Waals surface area contributed by atoms with Gasteiger partial charge in [-0.15, -0.1) is 0 Å². The molecule has 0 saturated carbocycles. The minimum Gasteiger partial charge on any atom is -0.404 e. The number of allylic oxidation sites excluding steroid dienone is 1. The summed E-state index contributed by atoms with van der Waals surface area (Å²) in [6.45, 7) is 0.216. The van der Waals surface area contributed by atoms with Crippen molar-refractivity contribution < 1.29 is 22.8 Å². The maximum absolute atomic E-state index is 13.7. The largest absolute Gasteiger partial charge is 0.416 e. The zero-order chi connectivity index (χ0) is 26.9. The summed E-state index contributed by atoms with van der Waals surface area (Å²) in [5.41, 5.74) is 7.29. The molecule has 2 heterocycles. The Labute approximate surface area is 211 Å². The number of rotatable bonds is 4. The van der Waals surface area contributed by atoms with E-state index in [1.54, 1.807) is 25.2 Å². The van der Waals surface area contributed by atoms with E-state index < -0.39 is 29.7 Å². The SMILES string of the molecule is CN=CC(=CN)c1cc(C#N)ccc1[C@H]1C2=C(CCNC2=O)N(c2cccc(C(F)(F)F)c2)C(=O)N1C. The molecule has 11 heteroatoms. The first kappa shape index (κ1) is 25.5. The molecule has 8 nitrogen and oxygen atoms in total. The average Bonchev–Trinajstić information content (AvgIpc) is 2.88. The van der Waals surface area contributed by atoms with Crippen LogP contribution in [0.4, 0.5) is 23.7 Å². The van der Waals surface area contributed by atoms with Crippen molar-refractivity contribution in [2.75, 3.05) is 25.5 Å². The number of nitrogens with zero attached hydrogens (tertiary/aromatic N) is 4. The van der Waals surface area contributed by atoms with E-state index in [2.05, 4.69) is 16.4 Å². The second-order valence-electron chi connectivity index (χ2n) is 8.47. The Balaban J connectivity index is 1.97. The molecule has 190 valence electrons. The smallest absolute Gasteiger partial charge is 0.404 e. The summed E-state index contributed by atoms with van der Waals surface area (Å²) in [6.07, 6.45) is -1.57. The Kier molecular flexibility index (Phi) is 6.76. The van der Waals surface area contributed by atoms with E-state index in [0.717, 1.165) is 17.0 Å². The molecular formula is C26H23F3N6O2. The lowest BCUT2D eigenvalue weighted by atomic mass is 9.85. The predicted octanol–water partition coefficient (Wildman–Crippen LogP) is 3.96. The maximum atomic E-state index is 13.7. The zero-order valence-corrected chi connectivity index (χ0v) is 20.0. The number of likely N-dealkylation sites (N-methyl/N-ethyl adjacent to an activating group) is 1. The van der Waals surface area contributed by atoms with E-state index in [1.165, 1.54) is 36.5 Å². The lowest BCUT2D eigenvalue weighted by Gasteiger charge is -2.44. The monoisotopic (exact) mass is 508 g/mol. The number of nitrogens with one attached hydrogen (secondary N) is 1. The third kappa shape index (κ3) is 4.53. The molecule has 0 saturated heterocycles. The molecule has 0 radical (unpaired) electrons. The second-order valence-corrected chi connectivity index (χ2v) is 8.47. The van der Waals surface area contributed by atoms with Crippen molar-refractivity contribution in [3.63, 3.8) is 0 Å². The van der Waals surface area contributed by atoms with Gasteiger partial charge in [0.05, 0.1) is 34.5 Å². The molecule has 2 aromatic carbocycles. The fourth-order valence-corrected chi connectivity index (χ4v) is 4.65. The van der Waals surface area contributed by atoms with E-state index in [4.69, 9.17) is 5.73 Å². The van der Waals surface area contributed by atoms with E-state index in [9.17, 15) is 28.0 Å². The summed E-state index contributed by atoms with van der Waals surface area (Å²) in [5.74, 6) is -0.444. The minimum absolute atomic E-state index is 0.00744. The highest BCUT2D eigenvalue weighted by Gasteiger charge is 2.44. The fourth-order valence-electron chi connectivity index (χ4n) is 4.65. The first-order valence-electron chi connectivity index (χ1n) is 11.3. The molecular weight excluding hydrogens is 485 g/mol. The van der Waals surface area contributed by atoms with Crippen LogP contribution in [0.1, 0.15) is 34.7 Å². The fraction of sp³-hybridized carbons (Fsp3) is 0.231. The highest BCUT2D eigenvalue weighted by molar-refractivity contribution is 6.11. The van der Waals surface area contributed by atoms with Crippen molar-refractivity contribution in [1.82, 2.24) is 10.2 Å². The van der Waals surface area contributed by atoms with Crippen LogP contribution < -0.4 is 16.0 Å². The van der Waals surface area contributed by atoms with Gasteiger partial charge in [0.25, 0.3) is 5.91 Å². The van der Waals surface area contributed by atoms with Gasteiger partial charge in [0.2, 0.25) is 0 Å². The maximum Gasteiger partial charge on any atom is 0.416 e. The van der Waals surface area contributed by atoms with Gasteiger partial charge in [0.1, 0.15) is 0 Å². The summed E-state index contributed by atoms with van der Waals surface area (Å²) >= 11 is 0. The summed E-state index contributed by atoms with van der Waals surface area (Å²) in [7, 11) is 3.02. The van der Waals surface area contributed by atoms with Crippen LogP contribution >= 0.6 is 0 Å². The van der Waals surface area contributed by atoms with Crippen molar-refractivity contribution in [3.05, 3.63) is 82.2 Å². The molecule has 0 bridgehead atoms. The molecule has 0 fully saturated rings. The summed E-state index contributed by atoms with van der Waals surface area (Å²) in [5, 5.41) is 12.2. The number of anilines is 1. The summed E-state index contributed by atoms with van der Waals surface area (Å²) in [4.78, 5) is 33.4. The molecule has 2 aromatic rings. The Morgan fingerprint density at radius 3 is 2.65 bits per heavy atom. The first-order valence-corrected chi connectivity index (χ1v) is 11.3. The molecule has 2 aliphatic rings. The van der Waals surface area contributed by atoms with E-state index in [-0.39, 0.29) is 24.2 Å². The molecule has 4 rings (SSSR count). The third-order valence-electron chi connectivity index (χ3n) is 6.29. The summed E-state index contributed by atoms with van der Waals surface area (Å²) in [6, 6.07) is 9.80. The number of hydrogen-bond acceptors (Lipinski definition) is 5. The van der Waals surface area contributed by atoms with Crippen LogP contribution in [0, 0.1) is 11.3 Å². The van der Waals surface area contributed by atoms with E-state index in [1.807, 2.05) is 0 Å². The number of urea groups is 1. The predicted molar refractivity (Wildman–Crippen MR) is 132 cm³/mol. The number of carbonyl (C=O) groups excluding carboxylic acids is 2. The highest BCUT2D eigenvalue weighted by atomic mass is 19.4. The number of hydrogen-bond donors (Lipinski definition) is 2. The average molecular weight is 509 g/mol. The van der Waals surface area contributed by atoms with Crippen LogP contribution in [-0.2, 0) is 11.0 Å². The highest BCUT2D eigenvalue weighted by Crippen LogP contribution is 2.43. The number of aliphatic imine (C=N–C) groups is 1. The second kappa shape index (κ2) is 9.81. The Morgan fingerprint density at radius 1 is 1.24 bits per heavy atom. The number of carbonyl (C=O) groups is 2. The van der Waals surface area contributed by atoms with Crippen LogP contribution in [0.15, 0.2) is 64.9 Å². The molecule has 1 atom stereocenters. The zero-order valence-electron chi connectivity index (χ0n) is 20.0. The lowest BCUT2D eigenvalue weighted by molar-refractivity contribution is -0.137. The van der Waals surface area contributed by atoms with Gasteiger partial charge >= 0.3 is 12.2 Å². The lowest BCUT2D eigenvalue weighted by Crippen LogP contribution is -2.53. The van der Waals surface area contributed by atoms with Crippen LogP contribution in [0.2, 0.25) is 0 Å². The van der Waals surface area contributed by atoms with E-state index >= 15 is 0 Å². The van der Waals surface area contributed by atoms with Gasteiger partial charge in [-0.3, -0.25) is 14.7 Å². The standard InChI is InChI=1S/C26H23F3N6O2/c1-32-14-16(13-31)20-10-15(12-30)6-7-19(20)23-22-21(8-9-33-24(22)36)35(25(37)34(23)2)18-5-3-4-17(11-18)26(27,28)29/h3-7,10-11,13-14,23H,8-9,31H2,1-2H3,(H,33,36)/t23-/m0/s1. The van der Waals surface area contributed by atoms with Crippen LogP contribution in [0.25, 0.3) is 5.57 Å². The molecule has 37 heavy (non-hydrogen) atoms. The van der Waals surface area contributed by atoms with Gasteiger partial charge in [-0.05, 0) is 41.5 Å². The molecule has 0 spiro atoms. The molecule has 2 aliphatic heterocycles. The van der Waals surface area contributed by atoms with Crippen molar-refractivity contribution in [3.8, 4) is 6.07 Å². The Bertz CT molecular complexity index is 1400. The van der Waals surface area contributed by atoms with Crippen molar-refractivity contribution in [2.45, 2.75) is 18.6 Å². The number of halogens is 3. The van der Waals surface area contributed by atoms with Gasteiger partial charge < -0.3 is 16.0 Å². The number of amides is 3. The van der Waals surface area contributed by atoms with Crippen LogP contribution in [0.5, 0.6) is 0 Å². The molecule has 0 aliphatic carbocycles. The number of alkyl halides is 3. The molecule has 3 N–H and O–H groups in total. The third-order valence-corrected chi connectivity index (χ3v) is 6.29. The normalized spacial score (nSPS) is 18.7. The van der Waals surface area contributed by atoms with Gasteiger partial charge in [-0.2, -0.15) is 18.4 Å². The van der Waals surface area contributed by atoms with Gasteiger partial charge in [-0.25, -0.2) is 4.79 Å². The minimum atomic E-state index is -4.60. The number of nitrogens with two attached hydrogens (primary N) is 1. The van der Waals surface area contributed by atoms with Crippen LogP contribution in [0.3, 0.4) is 0 Å². The van der Waals surface area contributed by atoms with E-state index in [0.29, 0.717) is 28.0 Å². The Hall–Kier alpha value is -4.59. The van der Waals surface area contributed by atoms with Gasteiger partial charge in [0, 0.05) is 50.7 Å². The number of nitriles is 1. The van der Waals surface area contributed by atoms with Gasteiger partial charge in [0.15, 0.2) is 0 Å². The molecule has 0 unspecified atom stereocenters. The quantitative estimate of drug-likeness (QED) is 0.609. The van der Waals surface area contributed by atoms with Gasteiger partial charge in [-0.1, -0.05) is 12.1 Å². The van der Waals surface area contributed by atoms with Crippen molar-refractivity contribution in [1.29, 1.82) is 5.26 Å². The van der Waals surface area contributed by atoms with Crippen LogP contribution in [-0.4, -0.2) is 43.7 Å². The number of benzene rings is 2.